The van der Waals surface area contributed by atoms with Crippen LogP contribution in [-0.2, 0) is 25.9 Å². The molecule has 100 valence electrons. The van der Waals surface area contributed by atoms with Crippen molar-refractivity contribution in [2.45, 2.75) is 45.7 Å². The summed E-state index contributed by atoms with van der Waals surface area (Å²) in [6.07, 6.45) is 4.91. The minimum Gasteiger partial charge on any atom is -0.328 e. The standard InChI is InChI=1S/C16H21N3/c1-12-18-15-4-2-3-5-16(15)19(12)11-14-8-6-13(10-17)7-9-14/h6-9H,2-5,10-11,17H2,1H3. The van der Waals surface area contributed by atoms with Gasteiger partial charge in [0.25, 0.3) is 0 Å². The molecule has 0 fully saturated rings. The zero-order valence-corrected chi connectivity index (χ0v) is 11.5. The third kappa shape index (κ3) is 2.43. The predicted molar refractivity (Wildman–Crippen MR) is 77.0 cm³/mol. The van der Waals surface area contributed by atoms with E-state index < -0.39 is 0 Å². The van der Waals surface area contributed by atoms with Crippen LogP contribution < -0.4 is 5.73 Å². The summed E-state index contributed by atoms with van der Waals surface area (Å²) in [6, 6.07) is 8.59. The first kappa shape index (κ1) is 12.4. The molecular weight excluding hydrogens is 234 g/mol. The SMILES string of the molecule is Cc1nc2c(n1Cc1ccc(CN)cc1)CCCC2. The Balaban J connectivity index is 1.88. The van der Waals surface area contributed by atoms with Crippen LogP contribution in [0.3, 0.4) is 0 Å². The molecule has 0 saturated heterocycles. The lowest BCUT2D eigenvalue weighted by molar-refractivity contribution is 0.624. The quantitative estimate of drug-likeness (QED) is 0.916. The lowest BCUT2D eigenvalue weighted by atomic mass is 10.0. The molecule has 2 aromatic rings. The smallest absolute Gasteiger partial charge is 0.106 e. The van der Waals surface area contributed by atoms with Crippen molar-refractivity contribution in [1.29, 1.82) is 0 Å². The number of imidazole rings is 1. The summed E-state index contributed by atoms with van der Waals surface area (Å²) in [5, 5.41) is 0. The van der Waals surface area contributed by atoms with Crippen LogP contribution in [-0.4, -0.2) is 9.55 Å². The van der Waals surface area contributed by atoms with Crippen LogP contribution in [0.5, 0.6) is 0 Å². The zero-order valence-electron chi connectivity index (χ0n) is 11.5. The Kier molecular flexibility index (Phi) is 3.38. The maximum Gasteiger partial charge on any atom is 0.106 e. The monoisotopic (exact) mass is 255 g/mol. The topological polar surface area (TPSA) is 43.8 Å². The number of nitrogens with zero attached hydrogens (tertiary/aromatic N) is 2. The van der Waals surface area contributed by atoms with Gasteiger partial charge in [-0.25, -0.2) is 4.98 Å². The number of aromatic nitrogens is 2. The van der Waals surface area contributed by atoms with Gasteiger partial charge in [0.1, 0.15) is 5.82 Å². The molecule has 1 aliphatic carbocycles. The summed E-state index contributed by atoms with van der Waals surface area (Å²) in [6.45, 7) is 3.66. The van der Waals surface area contributed by atoms with E-state index in [1.807, 2.05) is 0 Å². The van der Waals surface area contributed by atoms with E-state index in [0.29, 0.717) is 6.54 Å². The second-order valence-electron chi connectivity index (χ2n) is 5.37. The molecule has 0 unspecified atom stereocenters. The van der Waals surface area contributed by atoms with E-state index in [-0.39, 0.29) is 0 Å². The minimum atomic E-state index is 0.611. The fourth-order valence-electron chi connectivity index (χ4n) is 2.91. The molecule has 0 saturated carbocycles. The van der Waals surface area contributed by atoms with Crippen molar-refractivity contribution in [2.75, 3.05) is 0 Å². The molecule has 0 bridgehead atoms. The van der Waals surface area contributed by atoms with Crippen LogP contribution in [0, 0.1) is 6.92 Å². The number of nitrogens with two attached hydrogens (primary N) is 1. The molecule has 0 radical (unpaired) electrons. The van der Waals surface area contributed by atoms with Gasteiger partial charge in [-0.15, -0.1) is 0 Å². The second kappa shape index (κ2) is 5.17. The first-order valence-electron chi connectivity index (χ1n) is 7.10. The van der Waals surface area contributed by atoms with Gasteiger partial charge in [0.15, 0.2) is 0 Å². The minimum absolute atomic E-state index is 0.611. The molecule has 1 aromatic carbocycles. The molecule has 3 rings (SSSR count). The summed E-state index contributed by atoms with van der Waals surface area (Å²) in [5.41, 5.74) is 10.9. The third-order valence-electron chi connectivity index (χ3n) is 4.02. The fraction of sp³-hybridized carbons (Fsp3) is 0.438. The van der Waals surface area contributed by atoms with Crippen LogP contribution >= 0.6 is 0 Å². The van der Waals surface area contributed by atoms with E-state index in [2.05, 4.69) is 35.8 Å². The van der Waals surface area contributed by atoms with Crippen LogP contribution in [0.4, 0.5) is 0 Å². The van der Waals surface area contributed by atoms with Crippen LogP contribution in [0.2, 0.25) is 0 Å². The third-order valence-corrected chi connectivity index (χ3v) is 4.02. The Labute approximate surface area is 114 Å². The van der Waals surface area contributed by atoms with Gasteiger partial charge in [-0.2, -0.15) is 0 Å². The molecule has 1 heterocycles. The number of aryl methyl sites for hydroxylation is 2. The first-order chi connectivity index (χ1) is 9.28. The van der Waals surface area contributed by atoms with E-state index in [1.165, 1.54) is 41.8 Å². The van der Waals surface area contributed by atoms with Crippen LogP contribution in [0.1, 0.15) is 41.2 Å². The molecule has 19 heavy (non-hydrogen) atoms. The van der Waals surface area contributed by atoms with Crippen molar-refractivity contribution in [1.82, 2.24) is 9.55 Å². The Morgan fingerprint density at radius 3 is 2.53 bits per heavy atom. The van der Waals surface area contributed by atoms with E-state index in [0.717, 1.165) is 18.8 Å². The van der Waals surface area contributed by atoms with Gasteiger partial charge < -0.3 is 10.3 Å². The molecule has 0 spiro atoms. The van der Waals surface area contributed by atoms with Crippen molar-refractivity contribution < 1.29 is 0 Å². The summed E-state index contributed by atoms with van der Waals surface area (Å²) >= 11 is 0. The van der Waals surface area contributed by atoms with Crippen LogP contribution in [0.15, 0.2) is 24.3 Å². The number of rotatable bonds is 3. The highest BCUT2D eigenvalue weighted by Crippen LogP contribution is 2.23. The van der Waals surface area contributed by atoms with E-state index in [4.69, 9.17) is 10.7 Å². The van der Waals surface area contributed by atoms with Gasteiger partial charge in [0, 0.05) is 18.8 Å². The molecular formula is C16H21N3. The molecule has 0 aliphatic heterocycles. The van der Waals surface area contributed by atoms with Crippen molar-refractivity contribution in [3.63, 3.8) is 0 Å². The van der Waals surface area contributed by atoms with Crippen LogP contribution in [0.25, 0.3) is 0 Å². The highest BCUT2D eigenvalue weighted by molar-refractivity contribution is 5.26. The average Bonchev–Trinajstić information content (AvgIpc) is 2.76. The van der Waals surface area contributed by atoms with Gasteiger partial charge in [-0.3, -0.25) is 0 Å². The molecule has 0 atom stereocenters. The number of fused-ring (bicyclic) bond motifs is 1. The highest BCUT2D eigenvalue weighted by atomic mass is 15.1. The van der Waals surface area contributed by atoms with Crippen molar-refractivity contribution in [3.8, 4) is 0 Å². The highest BCUT2D eigenvalue weighted by Gasteiger charge is 2.17. The first-order valence-corrected chi connectivity index (χ1v) is 7.10. The number of hydrogen-bond acceptors (Lipinski definition) is 2. The summed E-state index contributed by atoms with van der Waals surface area (Å²) in [7, 11) is 0. The summed E-state index contributed by atoms with van der Waals surface area (Å²) < 4.78 is 2.38. The lowest BCUT2D eigenvalue weighted by Gasteiger charge is -2.15. The van der Waals surface area contributed by atoms with E-state index >= 15 is 0 Å². The maximum absolute atomic E-state index is 5.64. The van der Waals surface area contributed by atoms with Gasteiger partial charge in [0.05, 0.1) is 5.69 Å². The number of benzene rings is 1. The van der Waals surface area contributed by atoms with Gasteiger partial charge in [-0.1, -0.05) is 24.3 Å². The molecule has 0 amide bonds. The van der Waals surface area contributed by atoms with Gasteiger partial charge >= 0.3 is 0 Å². The second-order valence-corrected chi connectivity index (χ2v) is 5.37. The van der Waals surface area contributed by atoms with Crippen molar-refractivity contribution >= 4 is 0 Å². The predicted octanol–water partition coefficient (Wildman–Crippen LogP) is 2.58. The fourth-order valence-corrected chi connectivity index (χ4v) is 2.91. The van der Waals surface area contributed by atoms with E-state index in [1.54, 1.807) is 0 Å². The largest absolute Gasteiger partial charge is 0.328 e. The van der Waals surface area contributed by atoms with Crippen molar-refractivity contribution in [2.24, 2.45) is 5.73 Å². The number of hydrogen-bond donors (Lipinski definition) is 1. The Bertz CT molecular complexity index is 566. The zero-order chi connectivity index (χ0) is 13.2. The van der Waals surface area contributed by atoms with Gasteiger partial charge in [0.2, 0.25) is 0 Å². The molecule has 2 N–H and O–H groups in total. The molecule has 3 nitrogen and oxygen atoms in total. The van der Waals surface area contributed by atoms with E-state index in [9.17, 15) is 0 Å². The van der Waals surface area contributed by atoms with Gasteiger partial charge in [-0.05, 0) is 43.7 Å². The Morgan fingerprint density at radius 1 is 1.11 bits per heavy atom. The summed E-state index contributed by atoms with van der Waals surface area (Å²) in [4.78, 5) is 4.72. The Morgan fingerprint density at radius 2 is 1.79 bits per heavy atom. The maximum atomic E-state index is 5.64. The lowest BCUT2D eigenvalue weighted by Crippen LogP contribution is -2.10. The van der Waals surface area contributed by atoms with Crippen molar-refractivity contribution in [3.05, 3.63) is 52.6 Å². The summed E-state index contributed by atoms with van der Waals surface area (Å²) in [5.74, 6) is 1.15. The average molecular weight is 255 g/mol. The molecule has 1 aliphatic rings. The molecule has 3 heteroatoms. The normalized spacial score (nSPS) is 14.4. The Hall–Kier alpha value is -1.61. The molecule has 1 aromatic heterocycles.